The molecule has 1 N–H and O–H groups in total. The molecular formula is C22H29N3O. The van der Waals surface area contributed by atoms with Gasteiger partial charge < -0.3 is 5.32 Å². The van der Waals surface area contributed by atoms with Crippen LogP contribution in [-0.4, -0.2) is 48.4 Å². The zero-order valence-corrected chi connectivity index (χ0v) is 16.0. The molecule has 1 aliphatic heterocycles. The van der Waals surface area contributed by atoms with Gasteiger partial charge in [0.25, 0.3) is 0 Å². The highest BCUT2D eigenvalue weighted by Gasteiger charge is 2.23. The second kappa shape index (κ2) is 8.47. The molecule has 0 spiro atoms. The summed E-state index contributed by atoms with van der Waals surface area (Å²) in [5.74, 6) is 0.0725. The van der Waals surface area contributed by atoms with Gasteiger partial charge in [-0.2, -0.15) is 0 Å². The van der Waals surface area contributed by atoms with Crippen LogP contribution in [0.4, 0.5) is 5.69 Å². The van der Waals surface area contributed by atoms with Crippen LogP contribution >= 0.6 is 0 Å². The van der Waals surface area contributed by atoms with Gasteiger partial charge in [-0.15, -0.1) is 0 Å². The van der Waals surface area contributed by atoms with Crippen molar-refractivity contribution < 1.29 is 4.79 Å². The maximum Gasteiger partial charge on any atom is 0.238 e. The number of nitrogens with zero attached hydrogens (tertiary/aromatic N) is 2. The summed E-state index contributed by atoms with van der Waals surface area (Å²) in [7, 11) is 0. The predicted octanol–water partition coefficient (Wildman–Crippen LogP) is 3.62. The van der Waals surface area contributed by atoms with Crippen molar-refractivity contribution in [3.05, 3.63) is 65.2 Å². The Labute approximate surface area is 156 Å². The lowest BCUT2D eigenvalue weighted by molar-refractivity contribution is -0.117. The number of piperazine rings is 1. The third-order valence-electron chi connectivity index (χ3n) is 5.48. The number of carbonyl (C=O) groups is 1. The van der Waals surface area contributed by atoms with Crippen molar-refractivity contribution in [1.82, 2.24) is 9.80 Å². The standard InChI is InChI=1S/C22H29N3O/c1-17-8-7-11-21(18(17)2)23-22(26)16-24-12-14-25(15-13-24)19(3)20-9-5-4-6-10-20/h4-11,19H,12-16H2,1-3H3,(H,23,26)/t19-/m0/s1. The summed E-state index contributed by atoms with van der Waals surface area (Å²) in [6.07, 6.45) is 0. The molecule has 2 aromatic carbocycles. The Hall–Kier alpha value is -2.17. The lowest BCUT2D eigenvalue weighted by Gasteiger charge is -2.38. The van der Waals surface area contributed by atoms with Crippen molar-refractivity contribution in [1.29, 1.82) is 0 Å². The highest BCUT2D eigenvalue weighted by atomic mass is 16.2. The maximum atomic E-state index is 12.4. The lowest BCUT2D eigenvalue weighted by Crippen LogP contribution is -2.49. The van der Waals surface area contributed by atoms with Crippen molar-refractivity contribution >= 4 is 11.6 Å². The van der Waals surface area contributed by atoms with E-state index in [0.29, 0.717) is 12.6 Å². The number of hydrogen-bond acceptors (Lipinski definition) is 3. The molecule has 0 unspecified atom stereocenters. The Morgan fingerprint density at radius 1 is 1.00 bits per heavy atom. The van der Waals surface area contributed by atoms with E-state index in [9.17, 15) is 4.79 Å². The molecule has 4 heteroatoms. The van der Waals surface area contributed by atoms with E-state index in [0.717, 1.165) is 37.4 Å². The van der Waals surface area contributed by atoms with E-state index in [1.54, 1.807) is 0 Å². The minimum atomic E-state index is 0.0725. The fourth-order valence-corrected chi connectivity index (χ4v) is 3.53. The van der Waals surface area contributed by atoms with Crippen LogP contribution in [0.2, 0.25) is 0 Å². The fraction of sp³-hybridized carbons (Fsp3) is 0.409. The normalized spacial score (nSPS) is 17.0. The van der Waals surface area contributed by atoms with E-state index in [1.807, 2.05) is 12.1 Å². The largest absolute Gasteiger partial charge is 0.325 e. The molecule has 1 fully saturated rings. The Bertz CT molecular complexity index is 736. The number of hydrogen-bond donors (Lipinski definition) is 1. The van der Waals surface area contributed by atoms with Crippen LogP contribution in [0.15, 0.2) is 48.5 Å². The zero-order valence-electron chi connectivity index (χ0n) is 16.0. The van der Waals surface area contributed by atoms with E-state index in [1.165, 1.54) is 11.1 Å². The number of carbonyl (C=O) groups excluding carboxylic acids is 1. The lowest BCUT2D eigenvalue weighted by atomic mass is 10.1. The van der Waals surface area contributed by atoms with E-state index in [2.05, 4.69) is 72.3 Å². The minimum absolute atomic E-state index is 0.0725. The van der Waals surface area contributed by atoms with Gasteiger partial charge in [-0.1, -0.05) is 42.5 Å². The van der Waals surface area contributed by atoms with Crippen molar-refractivity contribution in [2.75, 3.05) is 38.0 Å². The second-order valence-electron chi connectivity index (χ2n) is 7.19. The highest BCUT2D eigenvalue weighted by Crippen LogP contribution is 2.21. The van der Waals surface area contributed by atoms with Gasteiger partial charge in [-0.25, -0.2) is 0 Å². The summed E-state index contributed by atoms with van der Waals surface area (Å²) >= 11 is 0. The molecule has 0 saturated carbocycles. The molecule has 4 nitrogen and oxygen atoms in total. The Balaban J connectivity index is 1.49. The van der Waals surface area contributed by atoms with Crippen LogP contribution in [0.1, 0.15) is 29.7 Å². The smallest absolute Gasteiger partial charge is 0.238 e. The summed E-state index contributed by atoms with van der Waals surface area (Å²) in [4.78, 5) is 17.2. The summed E-state index contributed by atoms with van der Waals surface area (Å²) in [6, 6.07) is 17.1. The van der Waals surface area contributed by atoms with Gasteiger partial charge in [0.1, 0.15) is 0 Å². The number of anilines is 1. The van der Waals surface area contributed by atoms with Crippen LogP contribution in [0, 0.1) is 13.8 Å². The van der Waals surface area contributed by atoms with Crippen LogP contribution in [0.3, 0.4) is 0 Å². The van der Waals surface area contributed by atoms with E-state index in [4.69, 9.17) is 0 Å². The molecule has 0 radical (unpaired) electrons. The van der Waals surface area contributed by atoms with E-state index < -0.39 is 0 Å². The number of nitrogens with one attached hydrogen (secondary N) is 1. The molecule has 138 valence electrons. The van der Waals surface area contributed by atoms with Crippen molar-refractivity contribution in [2.45, 2.75) is 26.8 Å². The molecule has 0 bridgehead atoms. The molecule has 0 aliphatic carbocycles. The topological polar surface area (TPSA) is 35.6 Å². The van der Waals surface area contributed by atoms with Gasteiger partial charge in [0, 0.05) is 37.9 Å². The number of aryl methyl sites for hydroxylation is 1. The fourth-order valence-electron chi connectivity index (χ4n) is 3.53. The van der Waals surface area contributed by atoms with Gasteiger partial charge >= 0.3 is 0 Å². The van der Waals surface area contributed by atoms with Gasteiger partial charge in [0.2, 0.25) is 5.91 Å². The summed E-state index contributed by atoms with van der Waals surface area (Å²) < 4.78 is 0. The van der Waals surface area contributed by atoms with E-state index in [-0.39, 0.29) is 5.91 Å². The Kier molecular flexibility index (Phi) is 6.07. The van der Waals surface area contributed by atoms with Gasteiger partial charge in [-0.05, 0) is 43.5 Å². The Morgan fingerprint density at radius 3 is 2.38 bits per heavy atom. The molecule has 2 aromatic rings. The highest BCUT2D eigenvalue weighted by molar-refractivity contribution is 5.93. The third-order valence-corrected chi connectivity index (χ3v) is 5.48. The van der Waals surface area contributed by atoms with Crippen molar-refractivity contribution in [3.63, 3.8) is 0 Å². The van der Waals surface area contributed by atoms with E-state index >= 15 is 0 Å². The molecule has 1 atom stereocenters. The van der Waals surface area contributed by atoms with Crippen molar-refractivity contribution in [3.8, 4) is 0 Å². The minimum Gasteiger partial charge on any atom is -0.325 e. The number of amides is 1. The van der Waals surface area contributed by atoms with Crippen LogP contribution in [-0.2, 0) is 4.79 Å². The molecular weight excluding hydrogens is 322 g/mol. The van der Waals surface area contributed by atoms with Gasteiger partial charge in [-0.3, -0.25) is 14.6 Å². The Morgan fingerprint density at radius 2 is 1.69 bits per heavy atom. The predicted molar refractivity (Wildman–Crippen MR) is 107 cm³/mol. The molecule has 0 aromatic heterocycles. The molecule has 1 saturated heterocycles. The first kappa shape index (κ1) is 18.6. The first-order chi connectivity index (χ1) is 12.5. The molecule has 1 amide bonds. The van der Waals surface area contributed by atoms with Crippen LogP contribution in [0.5, 0.6) is 0 Å². The summed E-state index contributed by atoms with van der Waals surface area (Å²) in [5.41, 5.74) is 4.62. The van der Waals surface area contributed by atoms with Crippen LogP contribution < -0.4 is 5.32 Å². The summed E-state index contributed by atoms with van der Waals surface area (Å²) in [5, 5.41) is 3.06. The van der Waals surface area contributed by atoms with Gasteiger partial charge in [0.05, 0.1) is 6.54 Å². The molecule has 1 aliphatic rings. The zero-order chi connectivity index (χ0) is 18.5. The third kappa shape index (κ3) is 4.51. The molecule has 26 heavy (non-hydrogen) atoms. The first-order valence-corrected chi connectivity index (χ1v) is 9.42. The SMILES string of the molecule is Cc1cccc(NC(=O)CN2CCN([C@@H](C)c3ccccc3)CC2)c1C. The van der Waals surface area contributed by atoms with Gasteiger partial charge in [0.15, 0.2) is 0 Å². The average molecular weight is 351 g/mol. The number of benzene rings is 2. The first-order valence-electron chi connectivity index (χ1n) is 9.42. The average Bonchev–Trinajstić information content (AvgIpc) is 2.66. The quantitative estimate of drug-likeness (QED) is 0.894. The monoisotopic (exact) mass is 351 g/mol. The number of rotatable bonds is 5. The molecule has 1 heterocycles. The molecule has 3 rings (SSSR count). The summed E-state index contributed by atoms with van der Waals surface area (Å²) in [6.45, 7) is 10.7. The van der Waals surface area contributed by atoms with Crippen molar-refractivity contribution in [2.24, 2.45) is 0 Å². The maximum absolute atomic E-state index is 12.4. The van der Waals surface area contributed by atoms with Crippen LogP contribution in [0.25, 0.3) is 0 Å². The second-order valence-corrected chi connectivity index (χ2v) is 7.19.